The van der Waals surface area contributed by atoms with Crippen LogP contribution in [0.25, 0.3) is 0 Å². The highest BCUT2D eigenvalue weighted by Gasteiger charge is 2.42. The van der Waals surface area contributed by atoms with Crippen molar-refractivity contribution < 1.29 is 5.11 Å². The summed E-state index contributed by atoms with van der Waals surface area (Å²) in [6.07, 6.45) is 5.48. The van der Waals surface area contributed by atoms with Crippen molar-refractivity contribution in [1.82, 2.24) is 14.7 Å². The molecule has 0 aromatic carbocycles. The standard InChI is InChI=1S/C16H26ClN3O/c1-3-20-14(15(17)12(2)18-20)11-19-9-8-16(21)7-5-4-6-13(16)10-19/h13,21H,3-11H2,1-2H3. The van der Waals surface area contributed by atoms with Gasteiger partial charge in [-0.05, 0) is 33.1 Å². The van der Waals surface area contributed by atoms with Crippen LogP contribution in [0.5, 0.6) is 0 Å². The van der Waals surface area contributed by atoms with Gasteiger partial charge in [0.2, 0.25) is 0 Å². The van der Waals surface area contributed by atoms with E-state index in [-0.39, 0.29) is 0 Å². The third-order valence-electron chi connectivity index (χ3n) is 5.34. The fourth-order valence-corrected chi connectivity index (χ4v) is 4.21. The first-order valence-electron chi connectivity index (χ1n) is 8.20. The third kappa shape index (κ3) is 2.86. The van der Waals surface area contributed by atoms with Crippen molar-refractivity contribution in [3.8, 4) is 0 Å². The maximum absolute atomic E-state index is 10.8. The molecule has 1 aliphatic carbocycles. The number of rotatable bonds is 3. The second kappa shape index (κ2) is 5.90. The molecule has 1 N–H and O–H groups in total. The summed E-state index contributed by atoms with van der Waals surface area (Å²) in [5, 5.41) is 16.1. The van der Waals surface area contributed by atoms with Crippen LogP contribution in [0, 0.1) is 12.8 Å². The van der Waals surface area contributed by atoms with Gasteiger partial charge >= 0.3 is 0 Å². The van der Waals surface area contributed by atoms with E-state index in [9.17, 15) is 5.11 Å². The van der Waals surface area contributed by atoms with Gasteiger partial charge in [-0.2, -0.15) is 5.10 Å². The number of halogens is 1. The van der Waals surface area contributed by atoms with Crippen molar-refractivity contribution in [3.05, 3.63) is 16.4 Å². The maximum Gasteiger partial charge on any atom is 0.0860 e. The van der Waals surface area contributed by atoms with Crippen LogP contribution in [0.2, 0.25) is 5.02 Å². The van der Waals surface area contributed by atoms with E-state index in [0.29, 0.717) is 5.92 Å². The van der Waals surface area contributed by atoms with Gasteiger partial charge in [0.1, 0.15) is 0 Å². The highest BCUT2D eigenvalue weighted by molar-refractivity contribution is 6.31. The number of aliphatic hydroxyl groups is 1. The van der Waals surface area contributed by atoms with Gasteiger partial charge in [0.25, 0.3) is 0 Å². The molecule has 1 aromatic heterocycles. The van der Waals surface area contributed by atoms with Crippen LogP contribution in [0.3, 0.4) is 0 Å². The number of likely N-dealkylation sites (tertiary alicyclic amines) is 1. The molecular weight excluding hydrogens is 286 g/mol. The normalized spacial score (nSPS) is 30.4. The molecule has 1 saturated heterocycles. The summed E-state index contributed by atoms with van der Waals surface area (Å²) in [7, 11) is 0. The first kappa shape index (κ1) is 15.3. The van der Waals surface area contributed by atoms with E-state index in [1.807, 2.05) is 11.6 Å². The van der Waals surface area contributed by atoms with Gasteiger partial charge in [0, 0.05) is 32.1 Å². The minimum absolute atomic E-state index is 0.403. The highest BCUT2D eigenvalue weighted by Crippen LogP contribution is 2.40. The lowest BCUT2D eigenvalue weighted by Crippen LogP contribution is -2.53. The molecule has 4 nitrogen and oxygen atoms in total. The monoisotopic (exact) mass is 311 g/mol. The molecule has 0 bridgehead atoms. The van der Waals surface area contributed by atoms with Gasteiger partial charge in [-0.3, -0.25) is 9.58 Å². The summed E-state index contributed by atoms with van der Waals surface area (Å²) >= 11 is 6.42. The van der Waals surface area contributed by atoms with Crippen molar-refractivity contribution in [2.24, 2.45) is 5.92 Å². The molecule has 2 unspecified atom stereocenters. The van der Waals surface area contributed by atoms with Crippen LogP contribution < -0.4 is 0 Å². The highest BCUT2D eigenvalue weighted by atomic mass is 35.5. The van der Waals surface area contributed by atoms with E-state index >= 15 is 0 Å². The fraction of sp³-hybridized carbons (Fsp3) is 0.812. The Balaban J connectivity index is 1.72. The zero-order valence-electron chi connectivity index (χ0n) is 13.1. The Labute approximate surface area is 132 Å². The van der Waals surface area contributed by atoms with Gasteiger partial charge in [-0.25, -0.2) is 0 Å². The molecule has 0 amide bonds. The number of piperidine rings is 1. The van der Waals surface area contributed by atoms with E-state index in [4.69, 9.17) is 11.6 Å². The topological polar surface area (TPSA) is 41.3 Å². The number of fused-ring (bicyclic) bond motifs is 1. The van der Waals surface area contributed by atoms with Crippen molar-refractivity contribution >= 4 is 11.6 Å². The third-order valence-corrected chi connectivity index (χ3v) is 5.83. The predicted octanol–water partition coefficient (Wildman–Crippen LogP) is 2.99. The summed E-state index contributed by atoms with van der Waals surface area (Å²) in [6, 6.07) is 0. The minimum atomic E-state index is -0.403. The number of aromatic nitrogens is 2. The van der Waals surface area contributed by atoms with Gasteiger partial charge in [0.05, 0.1) is 22.0 Å². The van der Waals surface area contributed by atoms with Crippen LogP contribution in [-0.4, -0.2) is 38.5 Å². The summed E-state index contributed by atoms with van der Waals surface area (Å²) in [6.45, 7) is 7.71. The largest absolute Gasteiger partial charge is 0.390 e. The number of hydrogen-bond donors (Lipinski definition) is 1. The number of hydrogen-bond acceptors (Lipinski definition) is 3. The smallest absolute Gasteiger partial charge is 0.0860 e. The number of aryl methyl sites for hydroxylation is 2. The average Bonchev–Trinajstić information content (AvgIpc) is 2.75. The molecule has 2 fully saturated rings. The summed E-state index contributed by atoms with van der Waals surface area (Å²) in [4.78, 5) is 2.44. The summed E-state index contributed by atoms with van der Waals surface area (Å²) < 4.78 is 2.01. The Kier molecular flexibility index (Phi) is 4.30. The van der Waals surface area contributed by atoms with E-state index in [1.165, 1.54) is 12.8 Å². The van der Waals surface area contributed by atoms with E-state index < -0.39 is 5.60 Å². The lowest BCUT2D eigenvalue weighted by molar-refractivity contribution is -0.0970. The fourth-order valence-electron chi connectivity index (χ4n) is 4.02. The zero-order chi connectivity index (χ0) is 15.0. The molecule has 2 aliphatic rings. The molecule has 0 spiro atoms. The molecule has 3 rings (SSSR count). The van der Waals surface area contributed by atoms with Crippen molar-refractivity contribution in [3.63, 3.8) is 0 Å². The molecule has 2 atom stereocenters. The molecule has 1 aromatic rings. The Morgan fingerprint density at radius 3 is 2.95 bits per heavy atom. The average molecular weight is 312 g/mol. The van der Waals surface area contributed by atoms with Crippen LogP contribution >= 0.6 is 11.6 Å². The first-order valence-corrected chi connectivity index (χ1v) is 8.58. The lowest BCUT2D eigenvalue weighted by Gasteiger charge is -2.47. The molecule has 2 heterocycles. The van der Waals surface area contributed by atoms with Crippen molar-refractivity contribution in [2.75, 3.05) is 13.1 Å². The predicted molar refractivity (Wildman–Crippen MR) is 84.4 cm³/mol. The van der Waals surface area contributed by atoms with Crippen LogP contribution in [0.1, 0.15) is 50.4 Å². The van der Waals surface area contributed by atoms with Gasteiger partial charge < -0.3 is 5.11 Å². The van der Waals surface area contributed by atoms with Crippen LogP contribution in [0.4, 0.5) is 0 Å². The Morgan fingerprint density at radius 2 is 2.19 bits per heavy atom. The second-order valence-electron chi connectivity index (χ2n) is 6.69. The van der Waals surface area contributed by atoms with Crippen LogP contribution in [-0.2, 0) is 13.1 Å². The molecule has 1 aliphatic heterocycles. The second-order valence-corrected chi connectivity index (χ2v) is 7.07. The quantitative estimate of drug-likeness (QED) is 0.933. The lowest BCUT2D eigenvalue weighted by atomic mass is 9.71. The van der Waals surface area contributed by atoms with Gasteiger partial charge in [-0.1, -0.05) is 24.4 Å². The van der Waals surface area contributed by atoms with E-state index in [2.05, 4.69) is 16.9 Å². The minimum Gasteiger partial charge on any atom is -0.390 e. The molecule has 118 valence electrons. The molecule has 1 saturated carbocycles. The molecule has 5 heteroatoms. The van der Waals surface area contributed by atoms with Crippen LogP contribution in [0.15, 0.2) is 0 Å². The van der Waals surface area contributed by atoms with Crippen molar-refractivity contribution in [2.45, 2.75) is 64.6 Å². The zero-order valence-corrected chi connectivity index (χ0v) is 13.9. The van der Waals surface area contributed by atoms with Gasteiger partial charge in [-0.15, -0.1) is 0 Å². The molecule has 0 radical (unpaired) electrons. The molecule has 21 heavy (non-hydrogen) atoms. The first-order chi connectivity index (χ1) is 10.0. The van der Waals surface area contributed by atoms with E-state index in [1.54, 1.807) is 0 Å². The summed E-state index contributed by atoms with van der Waals surface area (Å²) in [5.74, 6) is 0.429. The SMILES string of the molecule is CCn1nc(C)c(Cl)c1CN1CCC2(O)CCCCC2C1. The van der Waals surface area contributed by atoms with Gasteiger partial charge in [0.15, 0.2) is 0 Å². The summed E-state index contributed by atoms with van der Waals surface area (Å²) in [5.41, 5.74) is 1.64. The van der Waals surface area contributed by atoms with Crippen molar-refractivity contribution in [1.29, 1.82) is 0 Å². The Morgan fingerprint density at radius 1 is 1.38 bits per heavy atom. The maximum atomic E-state index is 10.8. The Hall–Kier alpha value is -0.580. The Bertz CT molecular complexity index is 516. The number of nitrogens with zero attached hydrogens (tertiary/aromatic N) is 3. The molecular formula is C16H26ClN3O. The van der Waals surface area contributed by atoms with E-state index in [0.717, 1.165) is 61.9 Å².